The zero-order valence-electron chi connectivity index (χ0n) is 21.6. The number of ether oxygens (including phenoxy) is 2. The smallest absolute Gasteiger partial charge is 0.280 e. The third kappa shape index (κ3) is 5.55. The number of benzene rings is 2. The van der Waals surface area contributed by atoms with Gasteiger partial charge in [-0.2, -0.15) is 4.37 Å². The van der Waals surface area contributed by atoms with Crippen molar-refractivity contribution in [3.05, 3.63) is 58.2 Å². The molecule has 3 heterocycles. The molecule has 0 unspecified atom stereocenters. The highest BCUT2D eigenvalue weighted by molar-refractivity contribution is 7.13. The molecule has 2 aromatic carbocycles. The van der Waals surface area contributed by atoms with Gasteiger partial charge in [0.2, 0.25) is 12.7 Å². The van der Waals surface area contributed by atoms with Gasteiger partial charge in [-0.15, -0.1) is 0 Å². The third-order valence-corrected chi connectivity index (χ3v) is 8.83. The maximum Gasteiger partial charge on any atom is 0.280 e. The molecule has 3 aromatic rings. The Balaban J connectivity index is 0.999. The van der Waals surface area contributed by atoms with Crippen LogP contribution in [-0.4, -0.2) is 66.2 Å². The normalized spacial score (nSPS) is 21.2. The molecule has 1 saturated heterocycles. The second kappa shape index (κ2) is 11.2. The fraction of sp³-hybridized carbons (Fsp3) is 0.429. The van der Waals surface area contributed by atoms with Gasteiger partial charge in [-0.25, -0.2) is 0 Å². The van der Waals surface area contributed by atoms with Gasteiger partial charge in [0, 0.05) is 50.7 Å². The summed E-state index contributed by atoms with van der Waals surface area (Å²) in [7, 11) is 0. The quantitative estimate of drug-likeness (QED) is 0.252. The zero-order chi connectivity index (χ0) is 26.8. The van der Waals surface area contributed by atoms with Crippen molar-refractivity contribution in [3.63, 3.8) is 0 Å². The number of nitro benzene ring substituents is 1. The largest absolute Gasteiger partial charge is 0.454 e. The number of nitro groups is 1. The van der Waals surface area contributed by atoms with E-state index in [0.29, 0.717) is 35.4 Å². The van der Waals surface area contributed by atoms with Crippen molar-refractivity contribution in [2.75, 3.05) is 51.0 Å². The highest BCUT2D eigenvalue weighted by atomic mass is 32.1. The first-order valence-electron chi connectivity index (χ1n) is 13.4. The lowest BCUT2D eigenvalue weighted by molar-refractivity contribution is -0.385. The number of nitrogens with one attached hydrogen (secondary N) is 1. The molecule has 0 radical (unpaired) electrons. The molecule has 204 valence electrons. The van der Waals surface area contributed by atoms with Crippen LogP contribution in [0.1, 0.15) is 24.8 Å². The molecule has 3 aliphatic rings. The number of amides is 1. The van der Waals surface area contributed by atoms with Crippen LogP contribution in [0.25, 0.3) is 16.2 Å². The summed E-state index contributed by atoms with van der Waals surface area (Å²) >= 11 is 1.57. The van der Waals surface area contributed by atoms with Gasteiger partial charge in [-0.05, 0) is 60.5 Å². The van der Waals surface area contributed by atoms with Crippen LogP contribution in [0.2, 0.25) is 0 Å². The Labute approximate surface area is 230 Å². The van der Waals surface area contributed by atoms with Crippen LogP contribution >= 0.6 is 11.5 Å². The lowest BCUT2D eigenvalue weighted by atomic mass is 9.95. The molecular weight excluding hydrogens is 518 g/mol. The Hall–Kier alpha value is -3.70. The summed E-state index contributed by atoms with van der Waals surface area (Å²) in [6.07, 6.45) is 6.28. The fourth-order valence-electron chi connectivity index (χ4n) is 5.89. The van der Waals surface area contributed by atoms with Crippen molar-refractivity contribution in [2.45, 2.75) is 19.3 Å². The van der Waals surface area contributed by atoms with Crippen molar-refractivity contribution in [1.82, 2.24) is 14.6 Å². The molecule has 39 heavy (non-hydrogen) atoms. The number of fused-ring (bicyclic) bond motifs is 2. The predicted octanol–water partition coefficient (Wildman–Crippen LogP) is 4.30. The van der Waals surface area contributed by atoms with Gasteiger partial charge in [-0.1, -0.05) is 18.6 Å². The maximum atomic E-state index is 12.6. The molecule has 11 heteroatoms. The monoisotopic (exact) mass is 549 g/mol. The Bertz CT molecular complexity index is 1400. The minimum Gasteiger partial charge on any atom is -0.454 e. The molecule has 2 atom stereocenters. The number of hydrogen-bond acceptors (Lipinski definition) is 9. The van der Waals surface area contributed by atoms with E-state index in [-0.39, 0.29) is 18.4 Å². The van der Waals surface area contributed by atoms with E-state index in [9.17, 15) is 14.9 Å². The summed E-state index contributed by atoms with van der Waals surface area (Å²) in [6, 6.07) is 11.3. The molecule has 0 bridgehead atoms. The molecule has 2 aliphatic heterocycles. The van der Waals surface area contributed by atoms with Gasteiger partial charge in [0.25, 0.3) is 5.69 Å². The molecule has 1 amide bonds. The lowest BCUT2D eigenvalue weighted by Gasteiger charge is -2.37. The highest BCUT2D eigenvalue weighted by Crippen LogP contribution is 2.38. The minimum absolute atomic E-state index is 0.0291. The molecular formula is C28H31N5O5S. The lowest BCUT2D eigenvalue weighted by Crippen LogP contribution is -2.48. The van der Waals surface area contributed by atoms with Gasteiger partial charge >= 0.3 is 0 Å². The molecule has 2 fully saturated rings. The van der Waals surface area contributed by atoms with Crippen molar-refractivity contribution in [1.29, 1.82) is 0 Å². The van der Waals surface area contributed by atoms with Crippen LogP contribution in [0, 0.1) is 22.0 Å². The Morgan fingerprint density at radius 1 is 1.13 bits per heavy atom. The van der Waals surface area contributed by atoms with Gasteiger partial charge in [0.05, 0.1) is 21.3 Å². The van der Waals surface area contributed by atoms with Gasteiger partial charge in [0.1, 0.15) is 5.82 Å². The number of carbonyl (C=O) groups is 1. The summed E-state index contributed by atoms with van der Waals surface area (Å²) in [5, 5.41) is 15.7. The molecule has 0 spiro atoms. The van der Waals surface area contributed by atoms with E-state index in [1.807, 2.05) is 0 Å². The summed E-state index contributed by atoms with van der Waals surface area (Å²) < 4.78 is 16.5. The van der Waals surface area contributed by atoms with Crippen LogP contribution < -0.4 is 19.7 Å². The summed E-state index contributed by atoms with van der Waals surface area (Å²) in [6.45, 7) is 5.66. The molecule has 1 saturated carbocycles. The van der Waals surface area contributed by atoms with Crippen molar-refractivity contribution >= 4 is 45.1 Å². The zero-order valence-corrected chi connectivity index (χ0v) is 22.4. The van der Waals surface area contributed by atoms with Crippen LogP contribution in [0.5, 0.6) is 11.5 Å². The fourth-order valence-corrected chi connectivity index (χ4v) is 6.69. The number of nitrogens with zero attached hydrogens (tertiary/aromatic N) is 4. The maximum absolute atomic E-state index is 12.6. The average molecular weight is 550 g/mol. The van der Waals surface area contributed by atoms with Crippen molar-refractivity contribution < 1.29 is 19.2 Å². The number of piperazine rings is 1. The minimum atomic E-state index is -0.485. The predicted molar refractivity (Wildman–Crippen MR) is 150 cm³/mol. The number of hydrogen-bond donors (Lipinski definition) is 1. The first-order chi connectivity index (χ1) is 19.0. The Kier molecular flexibility index (Phi) is 7.34. The Morgan fingerprint density at radius 2 is 1.90 bits per heavy atom. The first-order valence-corrected chi connectivity index (χ1v) is 14.2. The first kappa shape index (κ1) is 25.6. The second-order valence-corrected chi connectivity index (χ2v) is 11.1. The van der Waals surface area contributed by atoms with Crippen LogP contribution in [0.3, 0.4) is 0 Å². The molecule has 6 rings (SSSR count). The SMILES string of the molecule is O=C(/C=C/c1cc2c(cc1[N+](=O)[O-])OCO2)NC[C@H]1CCC[C@@H]1CN1CCN(c2nsc3ccccc23)CC1. The third-order valence-electron chi connectivity index (χ3n) is 8.01. The van der Waals surface area contributed by atoms with E-state index in [0.717, 1.165) is 45.0 Å². The second-order valence-electron chi connectivity index (χ2n) is 10.3. The molecule has 10 nitrogen and oxygen atoms in total. The van der Waals surface area contributed by atoms with E-state index < -0.39 is 4.92 Å². The summed E-state index contributed by atoms with van der Waals surface area (Å²) in [4.78, 5) is 28.5. The van der Waals surface area contributed by atoms with Crippen molar-refractivity contribution in [2.24, 2.45) is 11.8 Å². The van der Waals surface area contributed by atoms with Gasteiger partial charge in [0.15, 0.2) is 11.5 Å². The molecule has 1 N–H and O–H groups in total. The van der Waals surface area contributed by atoms with Gasteiger partial charge in [-0.3, -0.25) is 19.8 Å². The van der Waals surface area contributed by atoms with Crippen molar-refractivity contribution in [3.8, 4) is 11.5 Å². The highest BCUT2D eigenvalue weighted by Gasteiger charge is 2.30. The van der Waals surface area contributed by atoms with E-state index in [1.165, 1.54) is 47.2 Å². The average Bonchev–Trinajstić information content (AvgIpc) is 3.70. The standard InChI is InChI=1S/C28H31N5O5S/c34-27(9-8-19-14-24-25(38-18-37-24)15-23(19)33(35)36)29-16-20-4-3-5-21(20)17-31-10-12-32(13-11-31)28-22-6-1-2-7-26(22)39-30-28/h1-2,6-9,14-15,20-21H,3-5,10-13,16-18H2,(H,29,34)/b9-8+/t20-,21-/m1/s1. The number of anilines is 1. The van der Waals surface area contributed by atoms with Crippen LogP contribution in [-0.2, 0) is 4.79 Å². The summed E-state index contributed by atoms with van der Waals surface area (Å²) in [5.74, 6) is 2.62. The van der Waals surface area contributed by atoms with Crippen LogP contribution in [0.15, 0.2) is 42.5 Å². The van der Waals surface area contributed by atoms with Crippen LogP contribution in [0.4, 0.5) is 11.5 Å². The number of carbonyl (C=O) groups excluding carboxylic acids is 1. The van der Waals surface area contributed by atoms with E-state index in [2.05, 4.69) is 39.4 Å². The van der Waals surface area contributed by atoms with E-state index in [4.69, 9.17) is 13.8 Å². The molecule has 1 aromatic heterocycles. The Morgan fingerprint density at radius 3 is 2.72 bits per heavy atom. The van der Waals surface area contributed by atoms with E-state index in [1.54, 1.807) is 11.5 Å². The number of aromatic nitrogens is 1. The molecule has 1 aliphatic carbocycles. The topological polar surface area (TPSA) is 110 Å². The summed E-state index contributed by atoms with van der Waals surface area (Å²) in [5.41, 5.74) is 0.185. The van der Waals surface area contributed by atoms with E-state index >= 15 is 0 Å². The number of rotatable bonds is 8. The van der Waals surface area contributed by atoms with Gasteiger partial charge < -0.3 is 19.7 Å².